The molecule has 1 aromatic rings. The fourth-order valence-corrected chi connectivity index (χ4v) is 1.47. The number of aromatic nitrogens is 2. The second kappa shape index (κ2) is 6.78. The number of hydrogen-bond acceptors (Lipinski definition) is 5. The van der Waals surface area contributed by atoms with Crippen molar-refractivity contribution in [2.75, 3.05) is 24.1 Å². The van der Waals surface area contributed by atoms with Crippen molar-refractivity contribution in [2.45, 2.75) is 27.2 Å². The zero-order chi connectivity index (χ0) is 13.5. The molecule has 0 unspecified atom stereocenters. The summed E-state index contributed by atoms with van der Waals surface area (Å²) in [6, 6.07) is 0. The first-order valence-corrected chi connectivity index (χ1v) is 6.14. The van der Waals surface area contributed by atoms with Crippen LogP contribution in [0.15, 0.2) is 6.33 Å². The SMILES string of the molecule is CCc1c(N)ncnc1NCC(=O)NCC(C)C. The highest BCUT2D eigenvalue weighted by Gasteiger charge is 2.08. The molecule has 0 radical (unpaired) electrons. The van der Waals surface area contributed by atoms with E-state index >= 15 is 0 Å². The lowest BCUT2D eigenvalue weighted by atomic mass is 10.2. The number of nitrogen functional groups attached to an aromatic ring is 1. The van der Waals surface area contributed by atoms with Gasteiger partial charge in [0.25, 0.3) is 0 Å². The van der Waals surface area contributed by atoms with Crippen LogP contribution in [0, 0.1) is 5.92 Å². The lowest BCUT2D eigenvalue weighted by Crippen LogP contribution is -2.32. The molecule has 0 saturated heterocycles. The molecule has 0 saturated carbocycles. The highest BCUT2D eigenvalue weighted by Crippen LogP contribution is 2.16. The second-order valence-electron chi connectivity index (χ2n) is 4.49. The largest absolute Gasteiger partial charge is 0.383 e. The van der Waals surface area contributed by atoms with Crippen molar-refractivity contribution in [1.29, 1.82) is 0 Å². The first-order chi connectivity index (χ1) is 8.54. The van der Waals surface area contributed by atoms with Gasteiger partial charge in [-0.15, -0.1) is 0 Å². The topological polar surface area (TPSA) is 92.9 Å². The average Bonchev–Trinajstić information content (AvgIpc) is 2.33. The van der Waals surface area contributed by atoms with Gasteiger partial charge in [0.15, 0.2) is 0 Å². The van der Waals surface area contributed by atoms with Crippen molar-refractivity contribution in [3.8, 4) is 0 Å². The minimum atomic E-state index is -0.0528. The molecule has 1 amide bonds. The van der Waals surface area contributed by atoms with Crippen molar-refractivity contribution >= 4 is 17.5 Å². The summed E-state index contributed by atoms with van der Waals surface area (Å²) in [5, 5.41) is 5.81. The molecule has 4 N–H and O–H groups in total. The minimum Gasteiger partial charge on any atom is -0.383 e. The van der Waals surface area contributed by atoms with Gasteiger partial charge in [-0.05, 0) is 12.3 Å². The van der Waals surface area contributed by atoms with E-state index in [4.69, 9.17) is 5.73 Å². The summed E-state index contributed by atoms with van der Waals surface area (Å²) in [6.07, 6.45) is 2.12. The molecule has 6 heteroatoms. The number of amides is 1. The summed E-state index contributed by atoms with van der Waals surface area (Å²) in [7, 11) is 0. The Hall–Kier alpha value is -1.85. The molecule has 100 valence electrons. The van der Waals surface area contributed by atoms with Crippen LogP contribution in [0.25, 0.3) is 0 Å². The summed E-state index contributed by atoms with van der Waals surface area (Å²) < 4.78 is 0. The summed E-state index contributed by atoms with van der Waals surface area (Å²) in [4.78, 5) is 19.6. The van der Waals surface area contributed by atoms with Gasteiger partial charge in [-0.2, -0.15) is 0 Å². The molecular formula is C12H21N5O. The Morgan fingerprint density at radius 1 is 1.44 bits per heavy atom. The van der Waals surface area contributed by atoms with Gasteiger partial charge >= 0.3 is 0 Å². The van der Waals surface area contributed by atoms with Crippen LogP contribution in [-0.4, -0.2) is 29.0 Å². The first kappa shape index (κ1) is 14.2. The standard InChI is InChI=1S/C12H21N5O/c1-4-9-11(13)16-7-17-12(9)15-6-10(18)14-5-8(2)3/h7-8H,4-6H2,1-3H3,(H,14,18)(H3,13,15,16,17). The molecule has 0 aliphatic carbocycles. The van der Waals surface area contributed by atoms with Crippen LogP contribution in [0.4, 0.5) is 11.6 Å². The maximum Gasteiger partial charge on any atom is 0.239 e. The lowest BCUT2D eigenvalue weighted by molar-refractivity contribution is -0.119. The Kier molecular flexibility index (Phi) is 5.35. The van der Waals surface area contributed by atoms with Crippen molar-refractivity contribution in [3.63, 3.8) is 0 Å². The van der Waals surface area contributed by atoms with E-state index in [-0.39, 0.29) is 12.5 Å². The summed E-state index contributed by atoms with van der Waals surface area (Å²) in [5.41, 5.74) is 6.59. The summed E-state index contributed by atoms with van der Waals surface area (Å²) >= 11 is 0. The van der Waals surface area contributed by atoms with E-state index in [2.05, 4.69) is 20.6 Å². The Morgan fingerprint density at radius 3 is 2.78 bits per heavy atom. The van der Waals surface area contributed by atoms with Gasteiger partial charge in [0.1, 0.15) is 18.0 Å². The molecule has 6 nitrogen and oxygen atoms in total. The Morgan fingerprint density at radius 2 is 2.17 bits per heavy atom. The molecule has 0 bridgehead atoms. The maximum absolute atomic E-state index is 11.6. The smallest absolute Gasteiger partial charge is 0.239 e. The van der Waals surface area contributed by atoms with E-state index in [0.717, 1.165) is 12.0 Å². The number of nitrogens with zero attached hydrogens (tertiary/aromatic N) is 2. The van der Waals surface area contributed by atoms with Crippen LogP contribution in [-0.2, 0) is 11.2 Å². The van der Waals surface area contributed by atoms with Crippen LogP contribution < -0.4 is 16.4 Å². The number of nitrogens with two attached hydrogens (primary N) is 1. The Labute approximate surface area is 107 Å². The van der Waals surface area contributed by atoms with Gasteiger partial charge in [-0.3, -0.25) is 4.79 Å². The number of nitrogens with one attached hydrogen (secondary N) is 2. The lowest BCUT2D eigenvalue weighted by Gasteiger charge is -2.11. The molecule has 18 heavy (non-hydrogen) atoms. The molecule has 1 rings (SSSR count). The average molecular weight is 251 g/mol. The molecule has 0 aliphatic heterocycles. The molecule has 0 aliphatic rings. The van der Waals surface area contributed by atoms with E-state index in [1.807, 2.05) is 20.8 Å². The first-order valence-electron chi connectivity index (χ1n) is 6.14. The quantitative estimate of drug-likeness (QED) is 0.695. The van der Waals surface area contributed by atoms with Crippen LogP contribution in [0.1, 0.15) is 26.3 Å². The number of carbonyl (C=O) groups is 1. The third-order valence-electron chi connectivity index (χ3n) is 2.46. The van der Waals surface area contributed by atoms with Gasteiger partial charge in [0.05, 0.1) is 6.54 Å². The highest BCUT2D eigenvalue weighted by molar-refractivity contribution is 5.80. The summed E-state index contributed by atoms with van der Waals surface area (Å²) in [6.45, 7) is 6.93. The van der Waals surface area contributed by atoms with Crippen LogP contribution in [0.2, 0.25) is 0 Å². The molecular weight excluding hydrogens is 230 g/mol. The van der Waals surface area contributed by atoms with Gasteiger partial charge in [-0.25, -0.2) is 9.97 Å². The predicted octanol–water partition coefficient (Wildman–Crippen LogP) is 0.805. The van der Waals surface area contributed by atoms with Gasteiger partial charge in [0, 0.05) is 12.1 Å². The monoisotopic (exact) mass is 251 g/mol. The van der Waals surface area contributed by atoms with Crippen molar-refractivity contribution in [3.05, 3.63) is 11.9 Å². The van der Waals surface area contributed by atoms with E-state index in [1.165, 1.54) is 6.33 Å². The Balaban J connectivity index is 2.53. The number of hydrogen-bond donors (Lipinski definition) is 3. The van der Waals surface area contributed by atoms with E-state index in [1.54, 1.807) is 0 Å². The van der Waals surface area contributed by atoms with Crippen LogP contribution >= 0.6 is 0 Å². The van der Waals surface area contributed by atoms with Crippen LogP contribution in [0.5, 0.6) is 0 Å². The molecule has 0 atom stereocenters. The third-order valence-corrected chi connectivity index (χ3v) is 2.46. The van der Waals surface area contributed by atoms with Crippen molar-refractivity contribution in [1.82, 2.24) is 15.3 Å². The normalized spacial score (nSPS) is 10.4. The fourth-order valence-electron chi connectivity index (χ4n) is 1.47. The van der Waals surface area contributed by atoms with E-state index in [9.17, 15) is 4.79 Å². The predicted molar refractivity (Wildman–Crippen MR) is 72.2 cm³/mol. The third kappa shape index (κ3) is 4.20. The summed E-state index contributed by atoms with van der Waals surface area (Å²) in [5.74, 6) is 1.47. The highest BCUT2D eigenvalue weighted by atomic mass is 16.1. The van der Waals surface area contributed by atoms with Crippen molar-refractivity contribution in [2.24, 2.45) is 5.92 Å². The van der Waals surface area contributed by atoms with Crippen molar-refractivity contribution < 1.29 is 4.79 Å². The molecule has 0 aromatic carbocycles. The minimum absolute atomic E-state index is 0.0528. The fraction of sp³-hybridized carbons (Fsp3) is 0.583. The Bertz CT molecular complexity index is 405. The molecule has 1 aromatic heterocycles. The van der Waals surface area contributed by atoms with Gasteiger partial charge in [0.2, 0.25) is 5.91 Å². The zero-order valence-corrected chi connectivity index (χ0v) is 11.2. The van der Waals surface area contributed by atoms with E-state index in [0.29, 0.717) is 24.1 Å². The van der Waals surface area contributed by atoms with Gasteiger partial charge < -0.3 is 16.4 Å². The number of anilines is 2. The molecule has 0 fully saturated rings. The molecule has 0 spiro atoms. The second-order valence-corrected chi connectivity index (χ2v) is 4.49. The van der Waals surface area contributed by atoms with Gasteiger partial charge in [-0.1, -0.05) is 20.8 Å². The van der Waals surface area contributed by atoms with Crippen LogP contribution in [0.3, 0.4) is 0 Å². The molecule has 1 heterocycles. The maximum atomic E-state index is 11.6. The zero-order valence-electron chi connectivity index (χ0n) is 11.2. The number of carbonyl (C=O) groups excluding carboxylic acids is 1. The van der Waals surface area contributed by atoms with E-state index < -0.39 is 0 Å². The number of rotatable bonds is 6.